The number of rotatable bonds is 4. The molecule has 0 spiro atoms. The maximum absolute atomic E-state index is 11.8. The van der Waals surface area contributed by atoms with Crippen molar-refractivity contribution in [1.29, 1.82) is 0 Å². The van der Waals surface area contributed by atoms with E-state index in [1.54, 1.807) is 24.3 Å². The third kappa shape index (κ3) is 3.32. The zero-order valence-corrected chi connectivity index (χ0v) is 10.7. The van der Waals surface area contributed by atoms with Gasteiger partial charge >= 0.3 is 0 Å². The molecule has 1 saturated carbocycles. The van der Waals surface area contributed by atoms with E-state index in [0.717, 1.165) is 12.8 Å². The number of amides is 2. The van der Waals surface area contributed by atoms with Gasteiger partial charge < -0.3 is 10.6 Å². The molecule has 0 unspecified atom stereocenters. The van der Waals surface area contributed by atoms with Gasteiger partial charge in [-0.2, -0.15) is 0 Å². The van der Waals surface area contributed by atoms with Gasteiger partial charge in [0.05, 0.1) is 0 Å². The fraction of sp³-hybridized carbons (Fsp3) is 0.429. The van der Waals surface area contributed by atoms with Crippen LogP contribution in [0.1, 0.15) is 37.0 Å². The van der Waals surface area contributed by atoms with Crippen molar-refractivity contribution in [3.8, 4) is 0 Å². The molecular formula is C14H18N2O2. The second-order valence-corrected chi connectivity index (χ2v) is 4.97. The summed E-state index contributed by atoms with van der Waals surface area (Å²) in [6.07, 6.45) is 2.13. The molecule has 0 aliphatic heterocycles. The normalized spacial score (nSPS) is 14.4. The summed E-state index contributed by atoms with van der Waals surface area (Å²) in [5, 5.41) is 5.71. The first kappa shape index (κ1) is 12.6. The summed E-state index contributed by atoms with van der Waals surface area (Å²) in [4.78, 5) is 23.4. The summed E-state index contributed by atoms with van der Waals surface area (Å²) in [5.41, 5.74) is 1.25. The summed E-state index contributed by atoms with van der Waals surface area (Å²) in [6.45, 7) is 3.66. The van der Waals surface area contributed by atoms with Crippen molar-refractivity contribution in [1.82, 2.24) is 5.32 Å². The van der Waals surface area contributed by atoms with Crippen LogP contribution in [-0.2, 0) is 4.79 Å². The molecular weight excluding hydrogens is 228 g/mol. The largest absolute Gasteiger partial charge is 0.349 e. The Bertz CT molecular complexity index is 465. The van der Waals surface area contributed by atoms with E-state index in [0.29, 0.717) is 17.3 Å². The average molecular weight is 246 g/mol. The number of benzene rings is 1. The fourth-order valence-corrected chi connectivity index (χ4v) is 1.52. The molecule has 0 aromatic heterocycles. The molecule has 1 aliphatic rings. The summed E-state index contributed by atoms with van der Waals surface area (Å²) in [7, 11) is 0. The molecule has 4 heteroatoms. The second-order valence-electron chi connectivity index (χ2n) is 4.97. The van der Waals surface area contributed by atoms with Crippen LogP contribution in [-0.4, -0.2) is 17.9 Å². The van der Waals surface area contributed by atoms with E-state index in [1.165, 1.54) is 0 Å². The van der Waals surface area contributed by atoms with E-state index < -0.39 is 0 Å². The van der Waals surface area contributed by atoms with E-state index in [1.807, 2.05) is 13.8 Å². The molecule has 1 aromatic rings. The lowest BCUT2D eigenvalue weighted by Gasteiger charge is -2.09. The molecule has 4 nitrogen and oxygen atoms in total. The van der Waals surface area contributed by atoms with Crippen LogP contribution < -0.4 is 10.6 Å². The van der Waals surface area contributed by atoms with E-state index in [2.05, 4.69) is 10.6 Å². The highest BCUT2D eigenvalue weighted by Crippen LogP contribution is 2.20. The smallest absolute Gasteiger partial charge is 0.251 e. The first-order valence-corrected chi connectivity index (χ1v) is 6.28. The highest BCUT2D eigenvalue weighted by atomic mass is 16.2. The molecule has 1 aromatic carbocycles. The monoisotopic (exact) mass is 246 g/mol. The van der Waals surface area contributed by atoms with Crippen LogP contribution in [0.15, 0.2) is 24.3 Å². The Morgan fingerprint density at radius 3 is 2.61 bits per heavy atom. The van der Waals surface area contributed by atoms with Gasteiger partial charge in [0, 0.05) is 23.2 Å². The van der Waals surface area contributed by atoms with Gasteiger partial charge in [-0.05, 0) is 31.0 Å². The van der Waals surface area contributed by atoms with Crippen molar-refractivity contribution >= 4 is 17.5 Å². The number of anilines is 1. The third-order valence-corrected chi connectivity index (χ3v) is 2.83. The number of carbonyl (C=O) groups is 2. The van der Waals surface area contributed by atoms with Crippen LogP contribution in [0.3, 0.4) is 0 Å². The lowest BCUT2D eigenvalue weighted by molar-refractivity contribution is -0.118. The minimum atomic E-state index is -0.0750. The van der Waals surface area contributed by atoms with Crippen molar-refractivity contribution in [3.63, 3.8) is 0 Å². The Balaban J connectivity index is 2.04. The number of carbonyl (C=O) groups excluding carboxylic acids is 2. The van der Waals surface area contributed by atoms with Gasteiger partial charge in [0.2, 0.25) is 5.91 Å². The highest BCUT2D eigenvalue weighted by Gasteiger charge is 2.23. The maximum Gasteiger partial charge on any atom is 0.251 e. The predicted molar refractivity (Wildman–Crippen MR) is 70.4 cm³/mol. The van der Waals surface area contributed by atoms with Gasteiger partial charge in [0.25, 0.3) is 5.91 Å². The summed E-state index contributed by atoms with van der Waals surface area (Å²) < 4.78 is 0. The van der Waals surface area contributed by atoms with Crippen molar-refractivity contribution in [3.05, 3.63) is 29.8 Å². The van der Waals surface area contributed by atoms with E-state index in [-0.39, 0.29) is 17.7 Å². The predicted octanol–water partition coefficient (Wildman–Crippen LogP) is 2.17. The molecule has 0 heterocycles. The first-order valence-electron chi connectivity index (χ1n) is 6.28. The lowest BCUT2D eigenvalue weighted by Crippen LogP contribution is -2.25. The van der Waals surface area contributed by atoms with Gasteiger partial charge in [-0.1, -0.05) is 19.9 Å². The average Bonchev–Trinajstić information content (AvgIpc) is 3.13. The van der Waals surface area contributed by atoms with E-state index in [4.69, 9.17) is 0 Å². The fourth-order valence-electron chi connectivity index (χ4n) is 1.52. The number of hydrogen-bond acceptors (Lipinski definition) is 2. The second kappa shape index (κ2) is 5.21. The molecule has 0 saturated heterocycles. The zero-order valence-electron chi connectivity index (χ0n) is 10.7. The maximum atomic E-state index is 11.8. The van der Waals surface area contributed by atoms with Crippen LogP contribution in [0.2, 0.25) is 0 Å². The minimum Gasteiger partial charge on any atom is -0.349 e. The van der Waals surface area contributed by atoms with Crippen molar-refractivity contribution in [2.75, 3.05) is 5.32 Å². The summed E-state index contributed by atoms with van der Waals surface area (Å²) in [5.74, 6) is -0.193. The van der Waals surface area contributed by atoms with Crippen LogP contribution in [0.4, 0.5) is 5.69 Å². The molecule has 1 fully saturated rings. The van der Waals surface area contributed by atoms with Crippen molar-refractivity contribution in [2.24, 2.45) is 5.92 Å². The van der Waals surface area contributed by atoms with Gasteiger partial charge in [0.1, 0.15) is 0 Å². The third-order valence-electron chi connectivity index (χ3n) is 2.83. The Morgan fingerprint density at radius 2 is 2.00 bits per heavy atom. The van der Waals surface area contributed by atoms with Gasteiger partial charge in [-0.25, -0.2) is 0 Å². The molecule has 1 aliphatic carbocycles. The van der Waals surface area contributed by atoms with Crippen molar-refractivity contribution in [2.45, 2.75) is 32.7 Å². The van der Waals surface area contributed by atoms with E-state index in [9.17, 15) is 9.59 Å². The SMILES string of the molecule is CC(C)C(=O)Nc1cccc(C(=O)NC2CC2)c1. The molecule has 0 bridgehead atoms. The standard InChI is InChI=1S/C14H18N2O2/c1-9(2)13(17)16-12-5-3-4-10(8-12)14(18)15-11-6-7-11/h3-5,8-9,11H,6-7H2,1-2H3,(H,15,18)(H,16,17). The Morgan fingerprint density at radius 1 is 1.28 bits per heavy atom. The number of hydrogen-bond donors (Lipinski definition) is 2. The summed E-state index contributed by atoms with van der Waals surface area (Å²) >= 11 is 0. The first-order chi connectivity index (χ1) is 8.56. The quantitative estimate of drug-likeness (QED) is 0.855. The Hall–Kier alpha value is -1.84. The van der Waals surface area contributed by atoms with Crippen LogP contribution in [0, 0.1) is 5.92 Å². The van der Waals surface area contributed by atoms with Crippen LogP contribution >= 0.6 is 0 Å². The molecule has 96 valence electrons. The van der Waals surface area contributed by atoms with Crippen molar-refractivity contribution < 1.29 is 9.59 Å². The van der Waals surface area contributed by atoms with E-state index >= 15 is 0 Å². The lowest BCUT2D eigenvalue weighted by atomic mass is 10.1. The zero-order chi connectivity index (χ0) is 13.1. The van der Waals surface area contributed by atoms with Gasteiger partial charge in [-0.15, -0.1) is 0 Å². The Kier molecular flexibility index (Phi) is 3.65. The van der Waals surface area contributed by atoms with Gasteiger partial charge in [0.15, 0.2) is 0 Å². The summed E-state index contributed by atoms with van der Waals surface area (Å²) in [6, 6.07) is 7.36. The topological polar surface area (TPSA) is 58.2 Å². The molecule has 0 radical (unpaired) electrons. The Labute approximate surface area is 107 Å². The number of nitrogens with one attached hydrogen (secondary N) is 2. The molecule has 2 rings (SSSR count). The van der Waals surface area contributed by atoms with Crippen LogP contribution in [0.5, 0.6) is 0 Å². The highest BCUT2D eigenvalue weighted by molar-refractivity contribution is 5.97. The van der Waals surface area contributed by atoms with Crippen LogP contribution in [0.25, 0.3) is 0 Å². The molecule has 2 N–H and O–H groups in total. The minimum absolute atomic E-state index is 0.0465. The van der Waals surface area contributed by atoms with Gasteiger partial charge in [-0.3, -0.25) is 9.59 Å². The molecule has 2 amide bonds. The molecule has 18 heavy (non-hydrogen) atoms. The molecule has 0 atom stereocenters.